The third-order valence-corrected chi connectivity index (χ3v) is 2.53. The van der Waals surface area contributed by atoms with E-state index in [4.69, 9.17) is 16.3 Å². The van der Waals surface area contributed by atoms with Crippen LogP contribution in [0.1, 0.15) is 18.6 Å². The van der Waals surface area contributed by atoms with E-state index >= 15 is 0 Å². The maximum absolute atomic E-state index is 9.59. The molecule has 1 aromatic rings. The van der Waals surface area contributed by atoms with Crippen LogP contribution < -0.4 is 4.74 Å². The highest BCUT2D eigenvalue weighted by Gasteiger charge is 2.12. The summed E-state index contributed by atoms with van der Waals surface area (Å²) in [4.78, 5) is 2.03. The minimum atomic E-state index is -0.576. The summed E-state index contributed by atoms with van der Waals surface area (Å²) in [6.07, 6.45) is -0.576. The van der Waals surface area contributed by atoms with Crippen molar-refractivity contribution in [2.45, 2.75) is 13.0 Å². The average Bonchev–Trinajstić information content (AvgIpc) is 2.19. The number of para-hydroxylation sites is 1. The number of hydrogen-bond donors (Lipinski definition) is 1. The van der Waals surface area contributed by atoms with Crippen LogP contribution in [0.15, 0.2) is 18.2 Å². The van der Waals surface area contributed by atoms with Crippen molar-refractivity contribution in [2.75, 3.05) is 27.2 Å². The molecule has 0 aliphatic carbocycles. The zero-order valence-corrected chi connectivity index (χ0v) is 10.7. The fraction of sp³-hybridized carbons (Fsp3) is 0.500. The normalized spacial score (nSPS) is 12.9. The van der Waals surface area contributed by atoms with Crippen molar-refractivity contribution < 1.29 is 9.84 Å². The number of benzene rings is 1. The van der Waals surface area contributed by atoms with Crippen molar-refractivity contribution in [3.05, 3.63) is 28.8 Å². The van der Waals surface area contributed by atoms with Crippen molar-refractivity contribution in [2.24, 2.45) is 0 Å². The van der Waals surface area contributed by atoms with Crippen LogP contribution in [0.4, 0.5) is 0 Å². The zero-order chi connectivity index (χ0) is 12.1. The Bertz CT molecular complexity index is 340. The molecule has 1 rings (SSSR count). The fourth-order valence-electron chi connectivity index (χ4n) is 1.34. The van der Waals surface area contributed by atoms with Gasteiger partial charge in [-0.05, 0) is 27.1 Å². The molecule has 0 bridgehead atoms. The third kappa shape index (κ3) is 3.67. The van der Waals surface area contributed by atoms with Crippen molar-refractivity contribution in [3.63, 3.8) is 0 Å². The molecule has 0 saturated heterocycles. The molecule has 0 amide bonds. The molecule has 0 saturated carbocycles. The van der Waals surface area contributed by atoms with Gasteiger partial charge in [0, 0.05) is 12.1 Å². The van der Waals surface area contributed by atoms with Crippen molar-refractivity contribution in [3.8, 4) is 5.75 Å². The van der Waals surface area contributed by atoms with E-state index in [1.807, 2.05) is 31.1 Å². The Hall–Kier alpha value is -0.770. The van der Waals surface area contributed by atoms with Gasteiger partial charge in [0.2, 0.25) is 0 Å². The van der Waals surface area contributed by atoms with Crippen molar-refractivity contribution in [1.29, 1.82) is 0 Å². The molecular formula is C12H18ClNO2. The van der Waals surface area contributed by atoms with Gasteiger partial charge in [-0.1, -0.05) is 23.7 Å². The van der Waals surface area contributed by atoms with Crippen LogP contribution in [0, 0.1) is 0 Å². The Morgan fingerprint density at radius 2 is 2.12 bits per heavy atom. The van der Waals surface area contributed by atoms with E-state index in [-0.39, 0.29) is 0 Å². The molecule has 0 spiro atoms. The number of halogens is 1. The minimum Gasteiger partial charge on any atom is -0.490 e. The number of likely N-dealkylation sites (N-methyl/N-ethyl adjacent to an activating group) is 1. The van der Waals surface area contributed by atoms with Gasteiger partial charge in [0.25, 0.3) is 0 Å². The van der Waals surface area contributed by atoms with Crippen LogP contribution in [0.25, 0.3) is 0 Å². The first-order valence-corrected chi connectivity index (χ1v) is 5.64. The molecule has 0 heterocycles. The van der Waals surface area contributed by atoms with Crippen molar-refractivity contribution in [1.82, 2.24) is 4.90 Å². The number of rotatable bonds is 5. The molecule has 3 nitrogen and oxygen atoms in total. The predicted molar refractivity (Wildman–Crippen MR) is 66.1 cm³/mol. The summed E-state index contributed by atoms with van der Waals surface area (Å²) in [5, 5.41) is 10.1. The van der Waals surface area contributed by atoms with Gasteiger partial charge in [0.15, 0.2) is 0 Å². The number of hydrogen-bond acceptors (Lipinski definition) is 3. The van der Waals surface area contributed by atoms with Gasteiger partial charge < -0.3 is 14.7 Å². The zero-order valence-electron chi connectivity index (χ0n) is 9.90. The molecule has 1 atom stereocenters. The van der Waals surface area contributed by atoms with Gasteiger partial charge in [-0.25, -0.2) is 0 Å². The fourth-order valence-corrected chi connectivity index (χ4v) is 1.57. The van der Waals surface area contributed by atoms with E-state index in [0.717, 1.165) is 12.1 Å². The molecule has 1 unspecified atom stereocenters. The quantitative estimate of drug-likeness (QED) is 0.862. The maximum Gasteiger partial charge on any atom is 0.143 e. The van der Waals surface area contributed by atoms with E-state index in [0.29, 0.717) is 17.4 Å². The highest BCUT2D eigenvalue weighted by molar-refractivity contribution is 6.32. The second kappa shape index (κ2) is 6.09. The highest BCUT2D eigenvalue weighted by Crippen LogP contribution is 2.32. The number of aliphatic hydroxyl groups is 1. The van der Waals surface area contributed by atoms with Crippen LogP contribution in [-0.4, -0.2) is 37.3 Å². The largest absolute Gasteiger partial charge is 0.490 e. The Morgan fingerprint density at radius 1 is 1.44 bits per heavy atom. The Balaban J connectivity index is 2.76. The van der Waals surface area contributed by atoms with Crippen LogP contribution in [0.3, 0.4) is 0 Å². The molecule has 4 heteroatoms. The molecule has 1 N–H and O–H groups in total. The summed E-state index contributed by atoms with van der Waals surface area (Å²) in [5.74, 6) is 0.584. The summed E-state index contributed by atoms with van der Waals surface area (Å²) in [6.45, 7) is 3.06. The monoisotopic (exact) mass is 243 g/mol. The van der Waals surface area contributed by atoms with E-state index in [2.05, 4.69) is 0 Å². The Labute approximate surface area is 102 Å². The summed E-state index contributed by atoms with van der Waals surface area (Å²) < 4.78 is 5.61. The number of ether oxygens (including phenoxy) is 1. The van der Waals surface area contributed by atoms with E-state index < -0.39 is 6.10 Å². The third-order valence-electron chi connectivity index (χ3n) is 2.23. The van der Waals surface area contributed by atoms with Gasteiger partial charge >= 0.3 is 0 Å². The molecule has 0 aromatic heterocycles. The van der Waals surface area contributed by atoms with Crippen LogP contribution >= 0.6 is 11.6 Å². The average molecular weight is 244 g/mol. The SMILES string of the molecule is CC(O)c1cccc(Cl)c1OCCN(C)C. The second-order valence-corrected chi connectivity index (χ2v) is 4.39. The van der Waals surface area contributed by atoms with Crippen molar-refractivity contribution >= 4 is 11.6 Å². The number of aliphatic hydroxyl groups excluding tert-OH is 1. The van der Waals surface area contributed by atoms with Gasteiger partial charge in [0.1, 0.15) is 12.4 Å². The molecule has 0 aliphatic rings. The van der Waals surface area contributed by atoms with Gasteiger partial charge in [-0.15, -0.1) is 0 Å². The first kappa shape index (κ1) is 13.3. The smallest absolute Gasteiger partial charge is 0.143 e. The lowest BCUT2D eigenvalue weighted by Crippen LogP contribution is -2.20. The Morgan fingerprint density at radius 3 is 2.69 bits per heavy atom. The summed E-state index contributed by atoms with van der Waals surface area (Å²) in [7, 11) is 3.96. The highest BCUT2D eigenvalue weighted by atomic mass is 35.5. The first-order valence-electron chi connectivity index (χ1n) is 5.26. The lowest BCUT2D eigenvalue weighted by molar-refractivity contribution is 0.188. The molecule has 0 radical (unpaired) electrons. The molecule has 0 fully saturated rings. The first-order chi connectivity index (χ1) is 7.52. The lowest BCUT2D eigenvalue weighted by atomic mass is 10.1. The molecule has 16 heavy (non-hydrogen) atoms. The second-order valence-electron chi connectivity index (χ2n) is 3.99. The number of nitrogens with zero attached hydrogens (tertiary/aromatic N) is 1. The van der Waals surface area contributed by atoms with Gasteiger partial charge in [0.05, 0.1) is 11.1 Å². The van der Waals surface area contributed by atoms with Crippen LogP contribution in [0.2, 0.25) is 5.02 Å². The van der Waals surface area contributed by atoms with E-state index in [1.165, 1.54) is 0 Å². The topological polar surface area (TPSA) is 32.7 Å². The molecular weight excluding hydrogens is 226 g/mol. The van der Waals surface area contributed by atoms with Crippen LogP contribution in [-0.2, 0) is 0 Å². The lowest BCUT2D eigenvalue weighted by Gasteiger charge is -2.16. The summed E-state index contributed by atoms with van der Waals surface area (Å²) in [6, 6.07) is 5.39. The van der Waals surface area contributed by atoms with Crippen LogP contribution in [0.5, 0.6) is 5.75 Å². The Kier molecular flexibility index (Phi) is 5.06. The minimum absolute atomic E-state index is 0.539. The van der Waals surface area contributed by atoms with E-state index in [1.54, 1.807) is 13.0 Å². The summed E-state index contributed by atoms with van der Waals surface area (Å²) >= 11 is 6.04. The van der Waals surface area contributed by atoms with Gasteiger partial charge in [-0.3, -0.25) is 0 Å². The molecule has 1 aromatic carbocycles. The molecule has 0 aliphatic heterocycles. The molecule has 90 valence electrons. The summed E-state index contributed by atoms with van der Waals surface area (Å²) in [5.41, 5.74) is 0.728. The maximum atomic E-state index is 9.59. The van der Waals surface area contributed by atoms with E-state index in [9.17, 15) is 5.11 Å². The predicted octanol–water partition coefficient (Wildman–Crippen LogP) is 2.33. The standard InChI is InChI=1S/C12H18ClNO2/c1-9(15)10-5-4-6-11(13)12(10)16-8-7-14(2)3/h4-6,9,15H,7-8H2,1-3H3. The van der Waals surface area contributed by atoms with Gasteiger partial charge in [-0.2, -0.15) is 0 Å².